The molecule has 0 aromatic heterocycles. The quantitative estimate of drug-likeness (QED) is 0.325. The molecular weight excluding hydrogens is 473 g/mol. The first kappa shape index (κ1) is 20.0. The zero-order valence-corrected chi connectivity index (χ0v) is 16.6. The van der Waals surface area contributed by atoms with Crippen LogP contribution in [0.4, 0.5) is 4.79 Å². The Balaban J connectivity index is 2.19. The lowest BCUT2D eigenvalue weighted by atomic mass is 10.2. The lowest BCUT2D eigenvalue weighted by Crippen LogP contribution is -2.31. The number of methoxy groups -OCH3 is 1. The van der Waals surface area contributed by atoms with Crippen molar-refractivity contribution in [2.75, 3.05) is 7.11 Å². The Hall–Kier alpha value is -2.34. The first-order valence-electron chi connectivity index (χ1n) is 7.25. The fraction of sp³-hybridized carbons (Fsp3) is 0.125. The molecule has 2 rings (SSSR count). The molecule has 10 heteroatoms. The van der Waals surface area contributed by atoms with Gasteiger partial charge < -0.3 is 15.8 Å². The van der Waals surface area contributed by atoms with Gasteiger partial charge in [0, 0.05) is 0 Å². The fourth-order valence-electron chi connectivity index (χ4n) is 2.09. The number of halogens is 1. The predicted molar refractivity (Wildman–Crippen MR) is 104 cm³/mol. The molecule has 0 saturated carbocycles. The Morgan fingerprint density at radius 3 is 2.31 bits per heavy atom. The maximum Gasteiger partial charge on any atom is 0.313 e. The van der Waals surface area contributed by atoms with Crippen LogP contribution in [-0.4, -0.2) is 27.5 Å². The lowest BCUT2D eigenvalue weighted by molar-refractivity contribution is 0.0978. The number of nitrogens with one attached hydrogen (secondary N) is 2. The highest BCUT2D eigenvalue weighted by Gasteiger charge is 2.21. The number of amides is 3. The van der Waals surface area contributed by atoms with Crippen LogP contribution in [0.15, 0.2) is 53.4 Å². The molecule has 26 heavy (non-hydrogen) atoms. The summed E-state index contributed by atoms with van der Waals surface area (Å²) >= 11 is 1.95. The third-order valence-electron chi connectivity index (χ3n) is 3.33. The van der Waals surface area contributed by atoms with Gasteiger partial charge in [0.2, 0.25) is 0 Å². The predicted octanol–water partition coefficient (Wildman–Crippen LogP) is 1.92. The highest BCUT2D eigenvalue weighted by Crippen LogP contribution is 2.22. The van der Waals surface area contributed by atoms with E-state index < -0.39 is 26.0 Å². The van der Waals surface area contributed by atoms with Crippen LogP contribution >= 0.6 is 22.6 Å². The minimum absolute atomic E-state index is 0.0906. The van der Waals surface area contributed by atoms with E-state index >= 15 is 0 Å². The number of hydrogen-bond donors (Lipinski definition) is 3. The SMILES string of the molecule is COc1ccccc1C(=O)NS(=O)(=O)c1ccc(C(I)NC(N)=O)cc1. The summed E-state index contributed by atoms with van der Waals surface area (Å²) in [4.78, 5) is 23.1. The van der Waals surface area contributed by atoms with Gasteiger partial charge >= 0.3 is 6.03 Å². The third-order valence-corrected chi connectivity index (χ3v) is 5.71. The molecule has 0 aliphatic rings. The molecule has 0 heterocycles. The fourth-order valence-corrected chi connectivity index (χ4v) is 3.78. The number of hydrogen-bond acceptors (Lipinski definition) is 5. The van der Waals surface area contributed by atoms with Gasteiger partial charge in [-0.15, -0.1) is 0 Å². The van der Waals surface area contributed by atoms with Crippen molar-refractivity contribution in [1.29, 1.82) is 0 Å². The Morgan fingerprint density at radius 1 is 1.12 bits per heavy atom. The van der Waals surface area contributed by atoms with Crippen LogP contribution < -0.4 is 20.5 Å². The minimum atomic E-state index is -4.07. The number of sulfonamides is 1. The van der Waals surface area contributed by atoms with Gasteiger partial charge in [0.1, 0.15) is 9.80 Å². The second kappa shape index (κ2) is 8.36. The zero-order chi connectivity index (χ0) is 19.3. The number of para-hydroxylation sites is 1. The average molecular weight is 489 g/mol. The van der Waals surface area contributed by atoms with Crippen molar-refractivity contribution in [2.24, 2.45) is 5.73 Å². The average Bonchev–Trinajstić information content (AvgIpc) is 2.60. The van der Waals surface area contributed by atoms with E-state index in [1.54, 1.807) is 18.2 Å². The van der Waals surface area contributed by atoms with E-state index in [-0.39, 0.29) is 16.2 Å². The second-order valence-corrected chi connectivity index (χ2v) is 8.00. The summed E-state index contributed by atoms with van der Waals surface area (Å²) in [5.41, 5.74) is 5.81. The zero-order valence-electron chi connectivity index (χ0n) is 13.6. The van der Waals surface area contributed by atoms with Crippen molar-refractivity contribution in [3.63, 3.8) is 0 Å². The van der Waals surface area contributed by atoms with Crippen molar-refractivity contribution >= 4 is 44.6 Å². The van der Waals surface area contributed by atoms with Crippen LogP contribution in [-0.2, 0) is 10.0 Å². The summed E-state index contributed by atoms with van der Waals surface area (Å²) in [6.07, 6.45) is 0. The smallest absolute Gasteiger partial charge is 0.313 e. The Labute approximate surface area is 164 Å². The van der Waals surface area contributed by atoms with Gasteiger partial charge in [0.05, 0.1) is 17.6 Å². The highest BCUT2D eigenvalue weighted by molar-refractivity contribution is 14.1. The van der Waals surface area contributed by atoms with Gasteiger partial charge in [-0.05, 0) is 29.8 Å². The minimum Gasteiger partial charge on any atom is -0.496 e. The molecule has 0 saturated heterocycles. The van der Waals surface area contributed by atoms with E-state index in [4.69, 9.17) is 10.5 Å². The number of primary amides is 1. The Bertz CT molecular complexity index is 916. The maximum absolute atomic E-state index is 12.4. The molecule has 0 fully saturated rings. The van der Waals surface area contributed by atoms with Crippen molar-refractivity contribution in [2.45, 2.75) is 8.94 Å². The molecule has 2 aromatic carbocycles. The van der Waals surface area contributed by atoms with Gasteiger partial charge in [-0.1, -0.05) is 46.9 Å². The van der Waals surface area contributed by atoms with Gasteiger partial charge in [0.25, 0.3) is 15.9 Å². The molecule has 0 spiro atoms. The number of benzene rings is 2. The summed E-state index contributed by atoms with van der Waals surface area (Å²) < 4.78 is 31.5. The summed E-state index contributed by atoms with van der Waals surface area (Å²) in [5.74, 6) is -0.533. The molecule has 0 aliphatic heterocycles. The number of carbonyl (C=O) groups is 2. The van der Waals surface area contributed by atoms with Crippen LogP contribution in [0.25, 0.3) is 0 Å². The van der Waals surface area contributed by atoms with E-state index in [9.17, 15) is 18.0 Å². The van der Waals surface area contributed by atoms with E-state index in [0.29, 0.717) is 5.56 Å². The number of rotatable bonds is 6. The van der Waals surface area contributed by atoms with Crippen molar-refractivity contribution < 1.29 is 22.7 Å². The number of ether oxygens (including phenoxy) is 1. The van der Waals surface area contributed by atoms with E-state index in [0.717, 1.165) is 0 Å². The molecule has 8 nitrogen and oxygen atoms in total. The standard InChI is InChI=1S/C16H16IN3O5S/c1-25-13-5-3-2-4-12(13)15(21)20-26(23,24)11-8-6-10(7-9-11)14(17)19-16(18)22/h2-9,14H,1H3,(H,20,21)(H3,18,19,22). The number of nitrogens with two attached hydrogens (primary N) is 1. The first-order valence-corrected chi connectivity index (χ1v) is 9.97. The molecule has 0 bridgehead atoms. The molecular formula is C16H16IN3O5S. The lowest BCUT2D eigenvalue weighted by Gasteiger charge is -2.12. The van der Waals surface area contributed by atoms with Crippen LogP contribution in [0.5, 0.6) is 5.75 Å². The van der Waals surface area contributed by atoms with Crippen molar-refractivity contribution in [3.05, 3.63) is 59.7 Å². The summed E-state index contributed by atoms with van der Waals surface area (Å²) in [7, 11) is -2.68. The topological polar surface area (TPSA) is 128 Å². The number of carbonyl (C=O) groups excluding carboxylic acids is 2. The molecule has 138 valence electrons. The Kier molecular flexibility index (Phi) is 6.42. The van der Waals surface area contributed by atoms with Gasteiger partial charge in [-0.3, -0.25) is 4.79 Å². The van der Waals surface area contributed by atoms with Crippen LogP contribution in [0.3, 0.4) is 0 Å². The summed E-state index contributed by atoms with van der Waals surface area (Å²) in [6, 6.07) is 11.3. The van der Waals surface area contributed by atoms with Crippen LogP contribution in [0.2, 0.25) is 0 Å². The monoisotopic (exact) mass is 489 g/mol. The van der Waals surface area contributed by atoms with E-state index in [1.807, 2.05) is 27.3 Å². The number of alkyl halides is 1. The van der Waals surface area contributed by atoms with E-state index in [2.05, 4.69) is 5.32 Å². The van der Waals surface area contributed by atoms with E-state index in [1.165, 1.54) is 37.4 Å². The van der Waals surface area contributed by atoms with Crippen LogP contribution in [0.1, 0.15) is 20.0 Å². The molecule has 2 aromatic rings. The maximum atomic E-state index is 12.4. The Morgan fingerprint density at radius 2 is 1.73 bits per heavy atom. The normalized spacial score (nSPS) is 12.1. The van der Waals surface area contributed by atoms with Crippen LogP contribution in [0, 0.1) is 0 Å². The highest BCUT2D eigenvalue weighted by atomic mass is 127. The van der Waals surface area contributed by atoms with Crippen molar-refractivity contribution in [3.8, 4) is 5.75 Å². The second-order valence-electron chi connectivity index (χ2n) is 5.08. The molecule has 0 aliphatic carbocycles. The third kappa shape index (κ3) is 4.85. The van der Waals surface area contributed by atoms with Gasteiger partial charge in [0.15, 0.2) is 0 Å². The number of urea groups is 1. The van der Waals surface area contributed by atoms with Crippen molar-refractivity contribution in [1.82, 2.24) is 10.0 Å². The van der Waals surface area contributed by atoms with Gasteiger partial charge in [-0.2, -0.15) is 0 Å². The van der Waals surface area contributed by atoms with Gasteiger partial charge in [-0.25, -0.2) is 17.9 Å². The molecule has 4 N–H and O–H groups in total. The molecule has 1 atom stereocenters. The first-order chi connectivity index (χ1) is 12.2. The molecule has 0 radical (unpaired) electrons. The molecule has 1 unspecified atom stereocenters. The molecule has 3 amide bonds. The largest absolute Gasteiger partial charge is 0.496 e. The summed E-state index contributed by atoms with van der Waals surface area (Å²) in [5, 5.41) is 2.48. The summed E-state index contributed by atoms with van der Waals surface area (Å²) in [6.45, 7) is 0.